The number of carbonyl (C=O) groups is 1. The summed E-state index contributed by atoms with van der Waals surface area (Å²) in [4.78, 5) is 12.2. The third kappa shape index (κ3) is 2.10. The molecule has 3 rings (SSSR count). The van der Waals surface area contributed by atoms with E-state index in [2.05, 4.69) is 0 Å². The van der Waals surface area contributed by atoms with Gasteiger partial charge in [0.05, 0.1) is 12.7 Å². The highest BCUT2D eigenvalue weighted by Crippen LogP contribution is 2.44. The van der Waals surface area contributed by atoms with Gasteiger partial charge in [0, 0.05) is 0 Å². The van der Waals surface area contributed by atoms with E-state index in [-0.39, 0.29) is 34.3 Å². The average molecular weight is 300 g/mol. The lowest BCUT2D eigenvalue weighted by Gasteiger charge is -2.05. The first-order valence-electron chi connectivity index (χ1n) is 6.37. The average Bonchev–Trinajstić information content (AvgIpc) is 2.82. The molecule has 0 aromatic heterocycles. The minimum absolute atomic E-state index is 0.00337. The number of carbonyl (C=O) groups excluding carboxylic acids is 1. The number of Topliss-reactive ketones (excluding diaryl/α,β-unsaturated/α-hetero) is 1. The maximum atomic E-state index is 12.2. The standard InChI is InChI=1S/C16H12O6/c1-21-12-6-8(2-4-10(12)17)7-13-14(19)9-3-5-11(18)15(20)16(9)22-13/h2-7,17-18,20H,1H3/b13-7+. The van der Waals surface area contributed by atoms with Crippen molar-refractivity contribution in [2.75, 3.05) is 7.11 Å². The van der Waals surface area contributed by atoms with Crippen molar-refractivity contribution in [1.82, 2.24) is 0 Å². The second kappa shape index (κ2) is 5.00. The van der Waals surface area contributed by atoms with Crippen LogP contribution in [0, 0.1) is 0 Å². The number of benzene rings is 2. The number of rotatable bonds is 2. The molecule has 6 nitrogen and oxygen atoms in total. The van der Waals surface area contributed by atoms with Gasteiger partial charge in [-0.1, -0.05) is 6.07 Å². The Balaban J connectivity index is 2.01. The maximum Gasteiger partial charge on any atom is 0.232 e. The molecular weight excluding hydrogens is 288 g/mol. The van der Waals surface area contributed by atoms with Crippen LogP contribution in [0.25, 0.3) is 6.08 Å². The van der Waals surface area contributed by atoms with Gasteiger partial charge in [-0.15, -0.1) is 0 Å². The Kier molecular flexibility index (Phi) is 3.14. The van der Waals surface area contributed by atoms with Gasteiger partial charge in [0.1, 0.15) is 0 Å². The van der Waals surface area contributed by atoms with Gasteiger partial charge in [-0.25, -0.2) is 0 Å². The number of allylic oxidation sites excluding steroid dienone is 1. The van der Waals surface area contributed by atoms with Crippen LogP contribution < -0.4 is 9.47 Å². The van der Waals surface area contributed by atoms with E-state index in [9.17, 15) is 20.1 Å². The summed E-state index contributed by atoms with van der Waals surface area (Å²) in [6.07, 6.45) is 1.46. The number of phenolic OH excluding ortho intramolecular Hbond substituents is 3. The molecule has 22 heavy (non-hydrogen) atoms. The third-order valence-corrected chi connectivity index (χ3v) is 3.29. The van der Waals surface area contributed by atoms with E-state index >= 15 is 0 Å². The van der Waals surface area contributed by atoms with Gasteiger partial charge in [-0.2, -0.15) is 0 Å². The van der Waals surface area contributed by atoms with Crippen molar-refractivity contribution in [3.05, 3.63) is 47.2 Å². The largest absolute Gasteiger partial charge is 0.504 e. The van der Waals surface area contributed by atoms with Crippen LogP contribution >= 0.6 is 0 Å². The van der Waals surface area contributed by atoms with E-state index in [4.69, 9.17) is 9.47 Å². The van der Waals surface area contributed by atoms with Gasteiger partial charge in [-0.3, -0.25) is 4.79 Å². The molecule has 0 fully saturated rings. The maximum absolute atomic E-state index is 12.2. The lowest BCUT2D eigenvalue weighted by molar-refractivity contribution is 0.101. The van der Waals surface area contributed by atoms with Crippen LogP contribution in [0.5, 0.6) is 28.7 Å². The summed E-state index contributed by atoms with van der Waals surface area (Å²) in [6.45, 7) is 0. The molecule has 6 heteroatoms. The van der Waals surface area contributed by atoms with Crippen molar-refractivity contribution >= 4 is 11.9 Å². The Morgan fingerprint density at radius 2 is 1.82 bits per heavy atom. The molecule has 0 unspecified atom stereocenters. The topological polar surface area (TPSA) is 96.2 Å². The van der Waals surface area contributed by atoms with E-state index in [0.717, 1.165) is 0 Å². The van der Waals surface area contributed by atoms with Crippen LogP contribution in [0.15, 0.2) is 36.1 Å². The minimum Gasteiger partial charge on any atom is -0.504 e. The van der Waals surface area contributed by atoms with Crippen LogP contribution in [0.4, 0.5) is 0 Å². The molecule has 0 radical (unpaired) electrons. The zero-order chi connectivity index (χ0) is 15.9. The fourth-order valence-corrected chi connectivity index (χ4v) is 2.16. The fourth-order valence-electron chi connectivity index (χ4n) is 2.16. The molecule has 1 aliphatic heterocycles. The van der Waals surface area contributed by atoms with Crippen molar-refractivity contribution in [3.63, 3.8) is 0 Å². The van der Waals surface area contributed by atoms with Crippen LogP contribution in [-0.4, -0.2) is 28.2 Å². The third-order valence-electron chi connectivity index (χ3n) is 3.29. The predicted molar refractivity (Wildman–Crippen MR) is 77.4 cm³/mol. The van der Waals surface area contributed by atoms with E-state index in [0.29, 0.717) is 5.56 Å². The molecule has 2 aromatic carbocycles. The Hall–Kier alpha value is -3.15. The van der Waals surface area contributed by atoms with E-state index < -0.39 is 11.5 Å². The number of aromatic hydroxyl groups is 3. The van der Waals surface area contributed by atoms with E-state index in [1.165, 1.54) is 31.4 Å². The van der Waals surface area contributed by atoms with Crippen molar-refractivity contribution in [2.45, 2.75) is 0 Å². The Morgan fingerprint density at radius 3 is 2.55 bits per heavy atom. The summed E-state index contributed by atoms with van der Waals surface area (Å²) in [7, 11) is 1.42. The lowest BCUT2D eigenvalue weighted by atomic mass is 10.1. The van der Waals surface area contributed by atoms with Gasteiger partial charge < -0.3 is 24.8 Å². The molecule has 1 aliphatic rings. The molecule has 0 atom stereocenters. The highest BCUT2D eigenvalue weighted by atomic mass is 16.5. The first-order valence-corrected chi connectivity index (χ1v) is 6.37. The number of ketones is 1. The Morgan fingerprint density at radius 1 is 1.09 bits per heavy atom. The fraction of sp³-hybridized carbons (Fsp3) is 0.0625. The number of phenols is 3. The van der Waals surface area contributed by atoms with Gasteiger partial charge in [0.2, 0.25) is 11.5 Å². The summed E-state index contributed by atoms with van der Waals surface area (Å²) >= 11 is 0. The number of hydrogen-bond donors (Lipinski definition) is 3. The number of fused-ring (bicyclic) bond motifs is 1. The summed E-state index contributed by atoms with van der Waals surface area (Å²) in [6, 6.07) is 7.16. The first kappa shape index (κ1) is 13.8. The second-order valence-electron chi connectivity index (χ2n) is 4.68. The van der Waals surface area contributed by atoms with Gasteiger partial charge in [-0.05, 0) is 35.9 Å². The van der Waals surface area contributed by atoms with Gasteiger partial charge in [0.25, 0.3) is 0 Å². The molecule has 0 bridgehead atoms. The molecular formula is C16H12O6. The molecule has 0 spiro atoms. The van der Waals surface area contributed by atoms with E-state index in [1.807, 2.05) is 0 Å². The zero-order valence-electron chi connectivity index (χ0n) is 11.5. The quantitative estimate of drug-likeness (QED) is 0.582. The highest BCUT2D eigenvalue weighted by molar-refractivity contribution is 6.15. The summed E-state index contributed by atoms with van der Waals surface area (Å²) in [5.41, 5.74) is 0.752. The molecule has 112 valence electrons. The van der Waals surface area contributed by atoms with Crippen LogP contribution in [0.1, 0.15) is 15.9 Å². The molecule has 3 N–H and O–H groups in total. The zero-order valence-corrected chi connectivity index (χ0v) is 11.5. The molecule has 0 amide bonds. The molecule has 0 saturated heterocycles. The molecule has 0 saturated carbocycles. The molecule has 0 aliphatic carbocycles. The normalized spacial score (nSPS) is 14.8. The van der Waals surface area contributed by atoms with Crippen molar-refractivity contribution in [3.8, 4) is 28.7 Å². The van der Waals surface area contributed by atoms with Crippen LogP contribution in [0.2, 0.25) is 0 Å². The SMILES string of the molecule is COc1cc(/C=C2/Oc3c(ccc(O)c3O)C2=O)ccc1O. The van der Waals surface area contributed by atoms with E-state index in [1.54, 1.807) is 12.1 Å². The Bertz CT molecular complexity index is 807. The van der Waals surface area contributed by atoms with Gasteiger partial charge in [0.15, 0.2) is 28.8 Å². The Labute approximate surface area is 125 Å². The number of methoxy groups -OCH3 is 1. The monoisotopic (exact) mass is 300 g/mol. The molecule has 2 aromatic rings. The smallest absolute Gasteiger partial charge is 0.232 e. The van der Waals surface area contributed by atoms with Gasteiger partial charge >= 0.3 is 0 Å². The first-order chi connectivity index (χ1) is 10.5. The van der Waals surface area contributed by atoms with Crippen molar-refractivity contribution < 1.29 is 29.6 Å². The number of ether oxygens (including phenoxy) is 2. The number of hydrogen-bond acceptors (Lipinski definition) is 6. The van der Waals surface area contributed by atoms with Crippen LogP contribution in [0.3, 0.4) is 0 Å². The van der Waals surface area contributed by atoms with Crippen molar-refractivity contribution in [1.29, 1.82) is 0 Å². The second-order valence-corrected chi connectivity index (χ2v) is 4.68. The van der Waals surface area contributed by atoms with Crippen LogP contribution in [-0.2, 0) is 0 Å². The summed E-state index contributed by atoms with van der Waals surface area (Å²) < 4.78 is 10.3. The summed E-state index contributed by atoms with van der Waals surface area (Å²) in [5.74, 6) is -1.06. The summed E-state index contributed by atoms with van der Waals surface area (Å²) in [5, 5.41) is 28.7. The highest BCUT2D eigenvalue weighted by Gasteiger charge is 2.31. The molecule has 1 heterocycles. The minimum atomic E-state index is -0.475. The lowest BCUT2D eigenvalue weighted by Crippen LogP contribution is -1.98. The predicted octanol–water partition coefficient (Wildman–Crippen LogP) is 2.43. The van der Waals surface area contributed by atoms with Crippen molar-refractivity contribution in [2.24, 2.45) is 0 Å².